The highest BCUT2D eigenvalue weighted by Gasteiger charge is 2.15. The van der Waals surface area contributed by atoms with E-state index < -0.39 is 5.97 Å². The van der Waals surface area contributed by atoms with Gasteiger partial charge in [0.25, 0.3) is 0 Å². The number of aliphatic carboxylic acids is 1. The fraction of sp³-hybridized carbons (Fsp3) is 0.438. The Morgan fingerprint density at radius 1 is 1.37 bits per heavy atom. The quantitative estimate of drug-likeness (QED) is 0.791. The van der Waals surface area contributed by atoms with Crippen molar-refractivity contribution in [1.29, 1.82) is 0 Å². The first kappa shape index (κ1) is 15.3. The van der Waals surface area contributed by atoms with Crippen LogP contribution in [0, 0.1) is 12.8 Å². The highest BCUT2D eigenvalue weighted by atomic mass is 16.5. The fourth-order valence-electron chi connectivity index (χ4n) is 2.36. The van der Waals surface area contributed by atoms with Gasteiger partial charge in [-0.15, -0.1) is 0 Å². The number of carboxylic acids is 1. The highest BCUT2D eigenvalue weighted by Crippen LogP contribution is 2.31. The third-order valence-electron chi connectivity index (χ3n) is 3.43. The first-order valence-electron chi connectivity index (χ1n) is 6.62. The Hall–Kier alpha value is -1.77. The molecule has 0 bridgehead atoms. The van der Waals surface area contributed by atoms with Crippen molar-refractivity contribution in [3.05, 3.63) is 35.4 Å². The molecule has 0 atom stereocenters. The standard InChI is InChI=1S/C16H22O3/c1-5-12(6-2)14(10-16(17)18)13-7-8-15(19-4)11(3)9-13/h7-10,12H,5-6H2,1-4H3,(H,17,18)/b14-10+. The van der Waals surface area contributed by atoms with E-state index in [-0.39, 0.29) is 5.92 Å². The Kier molecular flexibility index (Phi) is 5.61. The summed E-state index contributed by atoms with van der Waals surface area (Å²) in [6, 6.07) is 5.81. The second-order valence-corrected chi connectivity index (χ2v) is 4.64. The average Bonchev–Trinajstić information content (AvgIpc) is 2.38. The maximum absolute atomic E-state index is 11.0. The lowest BCUT2D eigenvalue weighted by Gasteiger charge is -2.18. The number of allylic oxidation sites excluding steroid dienone is 1. The molecule has 0 radical (unpaired) electrons. The molecule has 0 saturated heterocycles. The molecule has 1 aromatic rings. The van der Waals surface area contributed by atoms with Crippen LogP contribution in [0.5, 0.6) is 5.75 Å². The first-order valence-corrected chi connectivity index (χ1v) is 6.62. The number of rotatable bonds is 6. The van der Waals surface area contributed by atoms with Crippen LogP contribution in [-0.4, -0.2) is 18.2 Å². The molecule has 0 aromatic heterocycles. The number of benzene rings is 1. The van der Waals surface area contributed by atoms with E-state index in [1.165, 1.54) is 6.08 Å². The molecule has 0 spiro atoms. The molecule has 0 amide bonds. The maximum Gasteiger partial charge on any atom is 0.328 e. The molecule has 0 aliphatic rings. The molecular formula is C16H22O3. The molecule has 0 aliphatic carbocycles. The van der Waals surface area contributed by atoms with Crippen molar-refractivity contribution < 1.29 is 14.6 Å². The third-order valence-corrected chi connectivity index (χ3v) is 3.43. The van der Waals surface area contributed by atoms with Crippen molar-refractivity contribution in [1.82, 2.24) is 0 Å². The van der Waals surface area contributed by atoms with Crippen LogP contribution in [0.1, 0.15) is 37.8 Å². The summed E-state index contributed by atoms with van der Waals surface area (Å²) >= 11 is 0. The molecule has 0 saturated carbocycles. The molecule has 0 fully saturated rings. The summed E-state index contributed by atoms with van der Waals surface area (Å²) in [5.41, 5.74) is 2.87. The number of methoxy groups -OCH3 is 1. The van der Waals surface area contributed by atoms with Crippen molar-refractivity contribution in [3.8, 4) is 5.75 Å². The summed E-state index contributed by atoms with van der Waals surface area (Å²) in [4.78, 5) is 11.0. The maximum atomic E-state index is 11.0. The van der Waals surface area contributed by atoms with Gasteiger partial charge in [0.05, 0.1) is 7.11 Å². The van der Waals surface area contributed by atoms with Gasteiger partial charge in [0, 0.05) is 6.08 Å². The number of carbonyl (C=O) groups is 1. The lowest BCUT2D eigenvalue weighted by atomic mass is 9.87. The van der Waals surface area contributed by atoms with Gasteiger partial charge in [0.1, 0.15) is 5.75 Å². The number of carboxylic acid groups (broad SMARTS) is 1. The van der Waals surface area contributed by atoms with E-state index in [2.05, 4.69) is 13.8 Å². The average molecular weight is 262 g/mol. The van der Waals surface area contributed by atoms with Gasteiger partial charge in [0.2, 0.25) is 0 Å². The third kappa shape index (κ3) is 3.85. The van der Waals surface area contributed by atoms with E-state index in [1.807, 2.05) is 25.1 Å². The topological polar surface area (TPSA) is 46.5 Å². The fourth-order valence-corrected chi connectivity index (χ4v) is 2.36. The van der Waals surface area contributed by atoms with Crippen LogP contribution in [0.25, 0.3) is 5.57 Å². The molecular weight excluding hydrogens is 240 g/mol. The molecule has 0 unspecified atom stereocenters. The van der Waals surface area contributed by atoms with Gasteiger partial charge in [-0.05, 0) is 54.5 Å². The molecule has 3 nitrogen and oxygen atoms in total. The number of hydrogen-bond donors (Lipinski definition) is 1. The van der Waals surface area contributed by atoms with Crippen LogP contribution < -0.4 is 4.74 Å². The van der Waals surface area contributed by atoms with E-state index in [1.54, 1.807) is 7.11 Å². The SMILES string of the molecule is CCC(CC)/C(=C\C(=O)O)c1ccc(OC)c(C)c1. The van der Waals surface area contributed by atoms with E-state index in [9.17, 15) is 4.79 Å². The number of hydrogen-bond acceptors (Lipinski definition) is 2. The van der Waals surface area contributed by atoms with Crippen LogP contribution in [0.2, 0.25) is 0 Å². The van der Waals surface area contributed by atoms with Gasteiger partial charge < -0.3 is 9.84 Å². The minimum Gasteiger partial charge on any atom is -0.496 e. The second kappa shape index (κ2) is 6.98. The minimum absolute atomic E-state index is 0.267. The monoisotopic (exact) mass is 262 g/mol. The van der Waals surface area contributed by atoms with Gasteiger partial charge in [-0.2, -0.15) is 0 Å². The minimum atomic E-state index is -0.893. The van der Waals surface area contributed by atoms with Crippen LogP contribution in [-0.2, 0) is 4.79 Å². The highest BCUT2D eigenvalue weighted by molar-refractivity contribution is 5.90. The molecule has 1 rings (SSSR count). The van der Waals surface area contributed by atoms with E-state index in [0.717, 1.165) is 35.3 Å². The Balaban J connectivity index is 3.25. The van der Waals surface area contributed by atoms with Crippen LogP contribution >= 0.6 is 0 Å². The number of ether oxygens (including phenoxy) is 1. The lowest BCUT2D eigenvalue weighted by Crippen LogP contribution is -2.04. The summed E-state index contributed by atoms with van der Waals surface area (Å²) in [6.07, 6.45) is 3.19. The van der Waals surface area contributed by atoms with Crippen molar-refractivity contribution in [2.75, 3.05) is 7.11 Å². The van der Waals surface area contributed by atoms with Crippen molar-refractivity contribution >= 4 is 11.5 Å². The summed E-state index contributed by atoms with van der Waals surface area (Å²) in [6.45, 7) is 6.13. The first-order chi connectivity index (χ1) is 9.03. The lowest BCUT2D eigenvalue weighted by molar-refractivity contribution is -0.131. The van der Waals surface area contributed by atoms with Gasteiger partial charge in [-0.25, -0.2) is 4.79 Å². The zero-order valence-electron chi connectivity index (χ0n) is 12.1. The van der Waals surface area contributed by atoms with Gasteiger partial charge >= 0.3 is 5.97 Å². The molecule has 104 valence electrons. The predicted octanol–water partition coefficient (Wildman–Crippen LogP) is 3.91. The normalized spacial score (nSPS) is 11.7. The summed E-state index contributed by atoms with van der Waals surface area (Å²) in [5.74, 6) is 0.197. The molecule has 0 heterocycles. The Morgan fingerprint density at radius 3 is 2.42 bits per heavy atom. The van der Waals surface area contributed by atoms with Crippen molar-refractivity contribution in [2.45, 2.75) is 33.6 Å². The van der Waals surface area contributed by atoms with Crippen LogP contribution in [0.15, 0.2) is 24.3 Å². The van der Waals surface area contributed by atoms with Gasteiger partial charge in [0.15, 0.2) is 0 Å². The van der Waals surface area contributed by atoms with E-state index in [4.69, 9.17) is 9.84 Å². The Morgan fingerprint density at radius 2 is 2.00 bits per heavy atom. The molecule has 0 aliphatic heterocycles. The van der Waals surface area contributed by atoms with Crippen LogP contribution in [0.3, 0.4) is 0 Å². The Bertz CT molecular complexity index is 471. The molecule has 19 heavy (non-hydrogen) atoms. The van der Waals surface area contributed by atoms with Crippen molar-refractivity contribution in [3.63, 3.8) is 0 Å². The Labute approximate surface area is 114 Å². The van der Waals surface area contributed by atoms with E-state index >= 15 is 0 Å². The predicted molar refractivity (Wildman–Crippen MR) is 77.4 cm³/mol. The van der Waals surface area contributed by atoms with E-state index in [0.29, 0.717) is 0 Å². The zero-order valence-corrected chi connectivity index (χ0v) is 12.1. The zero-order chi connectivity index (χ0) is 14.4. The smallest absolute Gasteiger partial charge is 0.328 e. The van der Waals surface area contributed by atoms with Gasteiger partial charge in [-0.3, -0.25) is 0 Å². The number of aryl methyl sites for hydroxylation is 1. The van der Waals surface area contributed by atoms with Crippen LogP contribution in [0.4, 0.5) is 0 Å². The van der Waals surface area contributed by atoms with Gasteiger partial charge in [-0.1, -0.05) is 19.9 Å². The molecule has 1 aromatic carbocycles. The summed E-state index contributed by atoms with van der Waals surface area (Å²) in [5, 5.41) is 9.05. The largest absolute Gasteiger partial charge is 0.496 e. The molecule has 1 N–H and O–H groups in total. The summed E-state index contributed by atoms with van der Waals surface area (Å²) < 4.78 is 5.24. The second-order valence-electron chi connectivity index (χ2n) is 4.64. The summed E-state index contributed by atoms with van der Waals surface area (Å²) in [7, 11) is 1.64. The van der Waals surface area contributed by atoms with Crippen molar-refractivity contribution in [2.24, 2.45) is 5.92 Å². The molecule has 3 heteroatoms.